The molecule has 1 aromatic heterocycles. The van der Waals surface area contributed by atoms with Crippen LogP contribution in [0.4, 0.5) is 0 Å². The van der Waals surface area contributed by atoms with Crippen molar-refractivity contribution in [1.82, 2.24) is 15.0 Å². The minimum Gasteiger partial charge on any atom is -0.494 e. The average molecular weight is 338 g/mol. The number of hydrogen-bond acceptors (Lipinski definition) is 3. The number of aryl methyl sites for hydroxylation is 3. The van der Waals surface area contributed by atoms with Crippen molar-refractivity contribution in [1.29, 1.82) is 0 Å². The lowest BCUT2D eigenvalue weighted by molar-refractivity contribution is 0.297. The number of ether oxygens (including phenoxy) is 1. The molecule has 1 aromatic carbocycles. The number of halogens is 1. The van der Waals surface area contributed by atoms with E-state index >= 15 is 0 Å². The highest BCUT2D eigenvalue weighted by atomic mass is 79.9. The molecule has 0 aliphatic heterocycles. The van der Waals surface area contributed by atoms with Gasteiger partial charge in [0.15, 0.2) is 0 Å². The van der Waals surface area contributed by atoms with E-state index in [2.05, 4.69) is 52.2 Å². The molecule has 5 heteroatoms. The number of aromatic nitrogens is 3. The van der Waals surface area contributed by atoms with Gasteiger partial charge in [0.2, 0.25) is 0 Å². The van der Waals surface area contributed by atoms with Gasteiger partial charge in [0.05, 0.1) is 17.1 Å². The van der Waals surface area contributed by atoms with Crippen LogP contribution < -0.4 is 4.74 Å². The highest BCUT2D eigenvalue weighted by molar-refractivity contribution is 9.09. The Bertz CT molecular complexity index is 566. The van der Waals surface area contributed by atoms with Crippen LogP contribution in [-0.4, -0.2) is 21.6 Å². The molecule has 20 heavy (non-hydrogen) atoms. The first-order valence-electron chi connectivity index (χ1n) is 6.80. The van der Waals surface area contributed by atoms with E-state index in [0.717, 1.165) is 24.4 Å². The molecule has 1 heterocycles. The van der Waals surface area contributed by atoms with Crippen LogP contribution in [0.2, 0.25) is 0 Å². The van der Waals surface area contributed by atoms with E-state index in [4.69, 9.17) is 4.74 Å². The van der Waals surface area contributed by atoms with Crippen LogP contribution in [0.1, 0.15) is 35.0 Å². The molecule has 0 bridgehead atoms. The maximum Gasteiger partial charge on any atom is 0.119 e. The van der Waals surface area contributed by atoms with Gasteiger partial charge in [-0.25, -0.2) is 0 Å². The Balaban J connectivity index is 1.76. The fourth-order valence-corrected chi connectivity index (χ4v) is 2.03. The van der Waals surface area contributed by atoms with Crippen molar-refractivity contribution in [2.75, 3.05) is 6.61 Å². The van der Waals surface area contributed by atoms with Crippen LogP contribution in [0, 0.1) is 13.8 Å². The normalized spacial score (nSPS) is 12.4. The molecule has 0 N–H and O–H groups in total. The standard InChI is InChI=1S/C15H20BrN3O/c1-11-5-6-14(9-12(11)2)20-8-4-7-19-10-15(13(3)16)17-18-19/h5-6,9-10,13H,4,7-8H2,1-3H3. The molecule has 2 rings (SSSR count). The minimum atomic E-state index is 0.239. The highest BCUT2D eigenvalue weighted by Crippen LogP contribution is 2.18. The summed E-state index contributed by atoms with van der Waals surface area (Å²) in [5, 5.41) is 8.19. The molecular weight excluding hydrogens is 318 g/mol. The summed E-state index contributed by atoms with van der Waals surface area (Å²) in [5.74, 6) is 0.932. The van der Waals surface area contributed by atoms with Gasteiger partial charge in [-0.2, -0.15) is 0 Å². The van der Waals surface area contributed by atoms with Gasteiger partial charge < -0.3 is 4.74 Å². The molecule has 0 spiro atoms. The van der Waals surface area contributed by atoms with E-state index in [-0.39, 0.29) is 4.83 Å². The fraction of sp³-hybridized carbons (Fsp3) is 0.467. The number of benzene rings is 1. The SMILES string of the molecule is Cc1ccc(OCCCn2cc(C(C)Br)nn2)cc1C. The van der Waals surface area contributed by atoms with Gasteiger partial charge in [-0.1, -0.05) is 27.2 Å². The molecule has 1 unspecified atom stereocenters. The van der Waals surface area contributed by atoms with Crippen molar-refractivity contribution in [3.05, 3.63) is 41.2 Å². The Kier molecular flexibility index (Phi) is 5.17. The summed E-state index contributed by atoms with van der Waals surface area (Å²) in [7, 11) is 0. The minimum absolute atomic E-state index is 0.239. The van der Waals surface area contributed by atoms with E-state index in [0.29, 0.717) is 6.61 Å². The number of hydrogen-bond donors (Lipinski definition) is 0. The largest absolute Gasteiger partial charge is 0.494 e. The maximum atomic E-state index is 5.75. The zero-order valence-corrected chi connectivity index (χ0v) is 13.7. The second-order valence-corrected chi connectivity index (χ2v) is 6.34. The summed E-state index contributed by atoms with van der Waals surface area (Å²) in [6, 6.07) is 6.18. The Hall–Kier alpha value is -1.36. The first-order valence-corrected chi connectivity index (χ1v) is 7.72. The Morgan fingerprint density at radius 2 is 2.10 bits per heavy atom. The number of alkyl halides is 1. The Morgan fingerprint density at radius 1 is 1.30 bits per heavy atom. The quantitative estimate of drug-likeness (QED) is 0.594. The van der Waals surface area contributed by atoms with Gasteiger partial charge in [0.25, 0.3) is 0 Å². The second-order valence-electron chi connectivity index (χ2n) is 4.97. The Morgan fingerprint density at radius 3 is 2.75 bits per heavy atom. The van der Waals surface area contributed by atoms with E-state index in [1.807, 2.05) is 23.9 Å². The zero-order valence-electron chi connectivity index (χ0n) is 12.1. The summed E-state index contributed by atoms with van der Waals surface area (Å²) in [4.78, 5) is 0.239. The molecule has 0 aliphatic carbocycles. The third-order valence-electron chi connectivity index (χ3n) is 3.24. The van der Waals surface area contributed by atoms with Crippen molar-refractivity contribution >= 4 is 15.9 Å². The maximum absolute atomic E-state index is 5.75. The molecule has 0 aliphatic rings. The van der Waals surface area contributed by atoms with Gasteiger partial charge >= 0.3 is 0 Å². The highest BCUT2D eigenvalue weighted by Gasteiger charge is 2.05. The predicted molar refractivity (Wildman–Crippen MR) is 83.4 cm³/mol. The monoisotopic (exact) mass is 337 g/mol. The first kappa shape index (κ1) is 15.0. The van der Waals surface area contributed by atoms with Crippen molar-refractivity contribution in [2.24, 2.45) is 0 Å². The summed E-state index contributed by atoms with van der Waals surface area (Å²) >= 11 is 3.48. The lowest BCUT2D eigenvalue weighted by Crippen LogP contribution is -2.05. The average Bonchev–Trinajstić information content (AvgIpc) is 2.88. The summed E-state index contributed by atoms with van der Waals surface area (Å²) in [5.41, 5.74) is 3.51. The zero-order chi connectivity index (χ0) is 14.5. The molecule has 108 valence electrons. The fourth-order valence-electron chi connectivity index (χ4n) is 1.83. The molecule has 1 atom stereocenters. The van der Waals surface area contributed by atoms with Crippen LogP contribution in [0.25, 0.3) is 0 Å². The van der Waals surface area contributed by atoms with Crippen molar-refractivity contribution in [3.63, 3.8) is 0 Å². The molecular formula is C15H20BrN3O. The smallest absolute Gasteiger partial charge is 0.119 e. The van der Waals surface area contributed by atoms with E-state index in [1.54, 1.807) is 0 Å². The van der Waals surface area contributed by atoms with E-state index in [9.17, 15) is 0 Å². The Labute approximate surface area is 128 Å². The van der Waals surface area contributed by atoms with Crippen molar-refractivity contribution in [2.45, 2.75) is 38.6 Å². The molecule has 4 nitrogen and oxygen atoms in total. The first-order chi connectivity index (χ1) is 9.56. The van der Waals surface area contributed by atoms with Crippen molar-refractivity contribution in [3.8, 4) is 5.75 Å². The lowest BCUT2D eigenvalue weighted by Gasteiger charge is -2.08. The van der Waals surface area contributed by atoms with Crippen LogP contribution in [0.3, 0.4) is 0 Å². The number of nitrogens with zero attached hydrogens (tertiary/aromatic N) is 3. The van der Waals surface area contributed by atoms with Gasteiger partial charge in [-0.15, -0.1) is 5.10 Å². The summed E-state index contributed by atoms with van der Waals surface area (Å²) in [6.45, 7) is 7.74. The molecule has 0 saturated heterocycles. The molecule has 0 amide bonds. The van der Waals surface area contributed by atoms with Gasteiger partial charge in [-0.05, 0) is 44.0 Å². The van der Waals surface area contributed by atoms with Gasteiger partial charge in [-0.3, -0.25) is 4.68 Å². The molecule has 0 saturated carbocycles. The van der Waals surface area contributed by atoms with E-state index < -0.39 is 0 Å². The molecule has 0 fully saturated rings. The van der Waals surface area contributed by atoms with Gasteiger partial charge in [0.1, 0.15) is 5.75 Å². The summed E-state index contributed by atoms with van der Waals surface area (Å²) in [6.07, 6.45) is 2.88. The van der Waals surface area contributed by atoms with E-state index in [1.165, 1.54) is 11.1 Å². The van der Waals surface area contributed by atoms with Crippen LogP contribution in [0.15, 0.2) is 24.4 Å². The lowest BCUT2D eigenvalue weighted by atomic mass is 10.1. The van der Waals surface area contributed by atoms with Crippen LogP contribution in [0.5, 0.6) is 5.75 Å². The predicted octanol–water partition coefficient (Wildman–Crippen LogP) is 3.82. The van der Waals surface area contributed by atoms with Gasteiger partial charge in [0, 0.05) is 19.2 Å². The third-order valence-corrected chi connectivity index (χ3v) is 3.71. The second kappa shape index (κ2) is 6.88. The summed E-state index contributed by atoms with van der Waals surface area (Å²) < 4.78 is 7.61. The molecule has 2 aromatic rings. The van der Waals surface area contributed by atoms with Crippen LogP contribution >= 0.6 is 15.9 Å². The van der Waals surface area contributed by atoms with Crippen molar-refractivity contribution < 1.29 is 4.74 Å². The van der Waals surface area contributed by atoms with Crippen LogP contribution in [-0.2, 0) is 6.54 Å². The third kappa shape index (κ3) is 4.07. The topological polar surface area (TPSA) is 39.9 Å². The number of rotatable bonds is 6. The molecule has 0 radical (unpaired) electrons.